The smallest absolute Gasteiger partial charge is 0.407 e. The molecule has 1 N–H and O–H groups in total. The second-order valence-electron chi connectivity index (χ2n) is 6.86. The molecule has 0 aliphatic carbocycles. The fourth-order valence-corrected chi connectivity index (χ4v) is 2.69. The van der Waals surface area contributed by atoms with E-state index < -0.39 is 16.6 Å². The van der Waals surface area contributed by atoms with Gasteiger partial charge >= 0.3 is 6.09 Å². The van der Waals surface area contributed by atoms with Crippen LogP contribution in [-0.4, -0.2) is 40.7 Å². The maximum atomic E-state index is 11.8. The van der Waals surface area contributed by atoms with Crippen LogP contribution in [0.5, 0.6) is 0 Å². The average Bonchev–Trinajstić information content (AvgIpc) is 2.52. The molecule has 0 aromatic carbocycles. The Morgan fingerprint density at radius 3 is 2.79 bits per heavy atom. The molecule has 2 heterocycles. The standard InChI is InChI=1S/C16H24N4O4/c1-16(2,3)24-15(21)18-10-12-6-4-5-9-19(12)14-8-7-13(11-17-14)20(22)23/h7-8,11-12H,4-6,9-10H2,1-3H3,(H,18,21)/t12-/m0/s1. The number of ether oxygens (including phenoxy) is 1. The highest BCUT2D eigenvalue weighted by molar-refractivity contribution is 5.67. The quantitative estimate of drug-likeness (QED) is 0.670. The molecule has 0 radical (unpaired) electrons. The third-order valence-corrected chi connectivity index (χ3v) is 3.75. The third kappa shape index (κ3) is 5.07. The van der Waals surface area contributed by atoms with Gasteiger partial charge < -0.3 is 15.0 Å². The third-order valence-electron chi connectivity index (χ3n) is 3.75. The van der Waals surface area contributed by atoms with E-state index in [4.69, 9.17) is 4.74 Å². The van der Waals surface area contributed by atoms with E-state index in [9.17, 15) is 14.9 Å². The fraction of sp³-hybridized carbons (Fsp3) is 0.625. The number of amides is 1. The minimum atomic E-state index is -0.531. The van der Waals surface area contributed by atoms with Gasteiger partial charge in [0.25, 0.3) is 5.69 Å². The number of aromatic nitrogens is 1. The Morgan fingerprint density at radius 2 is 2.21 bits per heavy atom. The summed E-state index contributed by atoms with van der Waals surface area (Å²) < 4.78 is 5.25. The summed E-state index contributed by atoms with van der Waals surface area (Å²) in [5.74, 6) is 0.691. The number of carbonyl (C=O) groups excluding carboxylic acids is 1. The van der Waals surface area contributed by atoms with Gasteiger partial charge in [-0.05, 0) is 46.1 Å². The van der Waals surface area contributed by atoms with Crippen LogP contribution in [0.15, 0.2) is 18.3 Å². The van der Waals surface area contributed by atoms with Crippen molar-refractivity contribution in [2.45, 2.75) is 51.7 Å². The van der Waals surface area contributed by atoms with Gasteiger partial charge in [-0.1, -0.05) is 0 Å². The maximum absolute atomic E-state index is 11.8. The molecule has 1 saturated heterocycles. The van der Waals surface area contributed by atoms with Crippen LogP contribution >= 0.6 is 0 Å². The Balaban J connectivity index is 1.99. The molecule has 1 atom stereocenters. The summed E-state index contributed by atoms with van der Waals surface area (Å²) in [7, 11) is 0. The van der Waals surface area contributed by atoms with Gasteiger partial charge in [0.05, 0.1) is 4.92 Å². The second kappa shape index (κ2) is 7.46. The molecule has 132 valence electrons. The first kappa shape index (κ1) is 18.0. The van der Waals surface area contributed by atoms with Crippen molar-refractivity contribution >= 4 is 17.6 Å². The number of hydrogen-bond acceptors (Lipinski definition) is 6. The maximum Gasteiger partial charge on any atom is 0.407 e. The van der Waals surface area contributed by atoms with Crippen LogP contribution < -0.4 is 10.2 Å². The van der Waals surface area contributed by atoms with Gasteiger partial charge in [-0.25, -0.2) is 9.78 Å². The molecule has 24 heavy (non-hydrogen) atoms. The molecular weight excluding hydrogens is 312 g/mol. The lowest BCUT2D eigenvalue weighted by atomic mass is 10.0. The number of rotatable bonds is 4. The lowest BCUT2D eigenvalue weighted by Crippen LogP contribution is -2.48. The van der Waals surface area contributed by atoms with Crippen LogP contribution in [0, 0.1) is 10.1 Å². The van der Waals surface area contributed by atoms with Crippen LogP contribution in [0.1, 0.15) is 40.0 Å². The van der Waals surface area contributed by atoms with E-state index in [0.717, 1.165) is 25.8 Å². The van der Waals surface area contributed by atoms with Crippen LogP contribution in [0.2, 0.25) is 0 Å². The molecule has 0 saturated carbocycles. The Kier molecular flexibility index (Phi) is 5.58. The molecule has 1 aliphatic rings. The van der Waals surface area contributed by atoms with E-state index in [1.807, 2.05) is 20.8 Å². The van der Waals surface area contributed by atoms with Crippen LogP contribution in [0.25, 0.3) is 0 Å². The first-order valence-corrected chi connectivity index (χ1v) is 8.10. The predicted molar refractivity (Wildman–Crippen MR) is 90.1 cm³/mol. The Hall–Kier alpha value is -2.38. The van der Waals surface area contributed by atoms with Gasteiger partial charge in [-0.15, -0.1) is 0 Å². The average molecular weight is 336 g/mol. The lowest BCUT2D eigenvalue weighted by Gasteiger charge is -2.36. The minimum Gasteiger partial charge on any atom is -0.444 e. The van der Waals surface area contributed by atoms with Crippen molar-refractivity contribution in [1.82, 2.24) is 10.3 Å². The van der Waals surface area contributed by atoms with Gasteiger partial charge in [0.2, 0.25) is 0 Å². The van der Waals surface area contributed by atoms with Crippen molar-refractivity contribution < 1.29 is 14.5 Å². The lowest BCUT2D eigenvalue weighted by molar-refractivity contribution is -0.385. The fourth-order valence-electron chi connectivity index (χ4n) is 2.69. The summed E-state index contributed by atoms with van der Waals surface area (Å²) in [6.45, 7) is 6.72. The highest BCUT2D eigenvalue weighted by Gasteiger charge is 2.25. The van der Waals surface area contributed by atoms with Crippen molar-refractivity contribution in [2.75, 3.05) is 18.0 Å². The van der Waals surface area contributed by atoms with E-state index in [-0.39, 0.29) is 11.7 Å². The van der Waals surface area contributed by atoms with Gasteiger partial charge in [-0.3, -0.25) is 10.1 Å². The Morgan fingerprint density at radius 1 is 1.46 bits per heavy atom. The summed E-state index contributed by atoms with van der Waals surface area (Å²) in [6, 6.07) is 3.21. The topological polar surface area (TPSA) is 97.6 Å². The molecule has 1 aromatic heterocycles. The van der Waals surface area contributed by atoms with Crippen molar-refractivity contribution in [3.63, 3.8) is 0 Å². The molecular formula is C16H24N4O4. The molecule has 8 heteroatoms. The number of alkyl carbamates (subject to hydrolysis) is 1. The summed E-state index contributed by atoms with van der Waals surface area (Å²) in [6.07, 6.45) is 3.85. The zero-order chi connectivity index (χ0) is 17.7. The summed E-state index contributed by atoms with van der Waals surface area (Å²) in [4.78, 5) is 28.4. The SMILES string of the molecule is CC(C)(C)OC(=O)NC[C@@H]1CCCCN1c1ccc([N+](=O)[O-])cn1. The zero-order valence-corrected chi connectivity index (χ0v) is 14.3. The zero-order valence-electron chi connectivity index (χ0n) is 14.3. The van der Waals surface area contributed by atoms with Gasteiger partial charge in [0, 0.05) is 25.2 Å². The van der Waals surface area contributed by atoms with E-state index in [0.29, 0.717) is 12.4 Å². The first-order valence-electron chi connectivity index (χ1n) is 8.10. The summed E-state index contributed by atoms with van der Waals surface area (Å²) in [5, 5.41) is 13.5. The number of nitro groups is 1. The van der Waals surface area contributed by atoms with E-state index in [1.54, 1.807) is 6.07 Å². The Bertz CT molecular complexity index is 583. The monoisotopic (exact) mass is 336 g/mol. The number of anilines is 1. The molecule has 8 nitrogen and oxygen atoms in total. The molecule has 1 amide bonds. The van der Waals surface area contributed by atoms with Crippen molar-refractivity contribution in [2.24, 2.45) is 0 Å². The molecule has 1 aromatic rings. The Labute approximate surface area is 141 Å². The number of pyridine rings is 1. The normalized spacial score (nSPS) is 18.1. The summed E-state index contributed by atoms with van der Waals surface area (Å²) >= 11 is 0. The van der Waals surface area contributed by atoms with E-state index >= 15 is 0 Å². The molecule has 1 fully saturated rings. The molecule has 2 rings (SSSR count). The molecule has 1 aliphatic heterocycles. The van der Waals surface area contributed by atoms with Gasteiger partial charge in [0.1, 0.15) is 17.6 Å². The van der Waals surface area contributed by atoms with Crippen LogP contribution in [0.4, 0.5) is 16.3 Å². The number of carbonyl (C=O) groups is 1. The van der Waals surface area contributed by atoms with Crippen molar-refractivity contribution in [3.8, 4) is 0 Å². The highest BCUT2D eigenvalue weighted by Crippen LogP contribution is 2.24. The molecule has 0 spiro atoms. The van der Waals surface area contributed by atoms with Crippen LogP contribution in [-0.2, 0) is 4.74 Å². The predicted octanol–water partition coefficient (Wildman–Crippen LogP) is 2.87. The minimum absolute atomic E-state index is 0.0285. The number of nitrogens with zero attached hydrogens (tertiary/aromatic N) is 3. The molecule has 0 unspecified atom stereocenters. The number of piperidine rings is 1. The van der Waals surface area contributed by atoms with Crippen LogP contribution in [0.3, 0.4) is 0 Å². The van der Waals surface area contributed by atoms with E-state index in [2.05, 4.69) is 15.2 Å². The summed E-state index contributed by atoms with van der Waals surface area (Å²) in [5.41, 5.74) is -0.560. The highest BCUT2D eigenvalue weighted by atomic mass is 16.6. The molecule has 0 bridgehead atoms. The van der Waals surface area contributed by atoms with E-state index in [1.165, 1.54) is 12.3 Å². The number of hydrogen-bond donors (Lipinski definition) is 1. The van der Waals surface area contributed by atoms with Gasteiger partial charge in [-0.2, -0.15) is 0 Å². The van der Waals surface area contributed by atoms with Crippen molar-refractivity contribution in [1.29, 1.82) is 0 Å². The first-order chi connectivity index (χ1) is 11.3. The second-order valence-corrected chi connectivity index (χ2v) is 6.86. The van der Waals surface area contributed by atoms with Crippen molar-refractivity contribution in [3.05, 3.63) is 28.4 Å². The number of nitrogens with one attached hydrogen (secondary N) is 1. The van der Waals surface area contributed by atoms with Gasteiger partial charge in [0.15, 0.2) is 0 Å². The largest absolute Gasteiger partial charge is 0.444 e.